The SMILES string of the molecule is CNC(C(=O)NC1CCN(C(=O)C2CCCCC2)C1)c1cnn(C)c1.Cl. The zero-order chi connectivity index (χ0) is 17.8. The molecular formula is C18H30ClN5O2. The van der Waals surface area contributed by atoms with Crippen molar-refractivity contribution in [3.8, 4) is 0 Å². The number of likely N-dealkylation sites (tertiary alicyclic amines) is 1. The van der Waals surface area contributed by atoms with E-state index >= 15 is 0 Å². The summed E-state index contributed by atoms with van der Waals surface area (Å²) >= 11 is 0. The molecule has 3 rings (SSSR count). The number of carbonyl (C=O) groups is 2. The summed E-state index contributed by atoms with van der Waals surface area (Å²) in [5.74, 6) is 0.421. The van der Waals surface area contributed by atoms with Gasteiger partial charge in [0.2, 0.25) is 11.8 Å². The van der Waals surface area contributed by atoms with Gasteiger partial charge in [-0.2, -0.15) is 5.10 Å². The Balaban J connectivity index is 0.00000243. The van der Waals surface area contributed by atoms with Crippen molar-refractivity contribution in [2.75, 3.05) is 20.1 Å². The molecule has 146 valence electrons. The highest BCUT2D eigenvalue weighted by molar-refractivity contribution is 5.85. The van der Waals surface area contributed by atoms with Crippen LogP contribution in [0.25, 0.3) is 0 Å². The van der Waals surface area contributed by atoms with Gasteiger partial charge in [-0.15, -0.1) is 12.4 Å². The Morgan fingerprint density at radius 2 is 1.96 bits per heavy atom. The number of nitrogens with one attached hydrogen (secondary N) is 2. The normalized spacial score (nSPS) is 21.9. The molecule has 2 N–H and O–H groups in total. The van der Waals surface area contributed by atoms with Crippen molar-refractivity contribution in [1.82, 2.24) is 25.3 Å². The summed E-state index contributed by atoms with van der Waals surface area (Å²) < 4.78 is 1.69. The molecule has 2 fully saturated rings. The third-order valence-corrected chi connectivity index (χ3v) is 5.41. The molecule has 2 atom stereocenters. The Morgan fingerprint density at radius 1 is 1.23 bits per heavy atom. The quantitative estimate of drug-likeness (QED) is 0.805. The van der Waals surface area contributed by atoms with Gasteiger partial charge in [-0.05, 0) is 26.3 Å². The largest absolute Gasteiger partial charge is 0.350 e. The first-order valence-electron chi connectivity index (χ1n) is 9.33. The van der Waals surface area contributed by atoms with E-state index in [9.17, 15) is 9.59 Å². The summed E-state index contributed by atoms with van der Waals surface area (Å²) in [7, 11) is 3.60. The minimum absolute atomic E-state index is 0. The number of rotatable bonds is 5. The lowest BCUT2D eigenvalue weighted by Crippen LogP contribution is -2.44. The van der Waals surface area contributed by atoms with Crippen LogP contribution in [0.3, 0.4) is 0 Å². The number of carbonyl (C=O) groups excluding carboxylic acids is 2. The van der Waals surface area contributed by atoms with Gasteiger partial charge in [0, 0.05) is 43.9 Å². The summed E-state index contributed by atoms with van der Waals surface area (Å²) in [5.41, 5.74) is 0.843. The molecule has 1 aromatic heterocycles. The first-order valence-corrected chi connectivity index (χ1v) is 9.33. The van der Waals surface area contributed by atoms with Gasteiger partial charge in [0.05, 0.1) is 6.20 Å². The van der Waals surface area contributed by atoms with Crippen molar-refractivity contribution < 1.29 is 9.59 Å². The Morgan fingerprint density at radius 3 is 2.58 bits per heavy atom. The monoisotopic (exact) mass is 383 g/mol. The Bertz CT molecular complexity index is 614. The van der Waals surface area contributed by atoms with E-state index in [1.165, 1.54) is 19.3 Å². The van der Waals surface area contributed by atoms with Gasteiger partial charge in [0.1, 0.15) is 6.04 Å². The van der Waals surface area contributed by atoms with Crippen LogP contribution in [0.2, 0.25) is 0 Å². The molecule has 0 radical (unpaired) electrons. The molecule has 0 aromatic carbocycles. The second-order valence-electron chi connectivity index (χ2n) is 7.28. The number of likely N-dealkylation sites (N-methyl/N-ethyl adjacent to an activating group) is 1. The van der Waals surface area contributed by atoms with Gasteiger partial charge in [0.25, 0.3) is 0 Å². The maximum Gasteiger partial charge on any atom is 0.242 e. The van der Waals surface area contributed by atoms with E-state index in [0.717, 1.165) is 31.4 Å². The standard InChI is InChI=1S/C18H29N5O2.ClH/c1-19-16(14-10-20-22(2)11-14)17(24)21-15-8-9-23(12-15)18(25)13-6-4-3-5-7-13;/h10-11,13,15-16,19H,3-9,12H2,1-2H3,(H,21,24);1H. The van der Waals surface area contributed by atoms with Gasteiger partial charge in [-0.1, -0.05) is 19.3 Å². The van der Waals surface area contributed by atoms with E-state index in [1.807, 2.05) is 18.1 Å². The zero-order valence-electron chi connectivity index (χ0n) is 15.6. The van der Waals surface area contributed by atoms with Crippen LogP contribution in [0.1, 0.15) is 50.1 Å². The molecule has 8 heteroatoms. The van der Waals surface area contributed by atoms with Crippen molar-refractivity contribution >= 4 is 24.2 Å². The Kier molecular flexibility index (Phi) is 7.46. The molecule has 2 unspecified atom stereocenters. The fourth-order valence-electron chi connectivity index (χ4n) is 4.01. The number of nitrogens with zero attached hydrogens (tertiary/aromatic N) is 3. The minimum Gasteiger partial charge on any atom is -0.350 e. The van der Waals surface area contributed by atoms with E-state index in [4.69, 9.17) is 0 Å². The van der Waals surface area contributed by atoms with Crippen molar-refractivity contribution in [3.63, 3.8) is 0 Å². The topological polar surface area (TPSA) is 79.3 Å². The molecule has 1 aliphatic carbocycles. The van der Waals surface area contributed by atoms with Crippen molar-refractivity contribution in [2.45, 2.75) is 50.6 Å². The molecule has 0 spiro atoms. The van der Waals surface area contributed by atoms with E-state index in [0.29, 0.717) is 6.54 Å². The summed E-state index contributed by atoms with van der Waals surface area (Å²) in [4.78, 5) is 27.2. The van der Waals surface area contributed by atoms with Gasteiger partial charge >= 0.3 is 0 Å². The lowest BCUT2D eigenvalue weighted by Gasteiger charge is -2.26. The summed E-state index contributed by atoms with van der Waals surface area (Å²) in [6, 6.07) is -0.385. The predicted octanol–water partition coefficient (Wildman–Crippen LogP) is 1.40. The molecule has 2 aliphatic rings. The summed E-state index contributed by atoms with van der Waals surface area (Å²) in [6.45, 7) is 1.38. The van der Waals surface area contributed by atoms with E-state index in [2.05, 4.69) is 15.7 Å². The number of aryl methyl sites for hydroxylation is 1. The average Bonchev–Trinajstić information content (AvgIpc) is 3.25. The highest BCUT2D eigenvalue weighted by atomic mass is 35.5. The van der Waals surface area contributed by atoms with Crippen LogP contribution >= 0.6 is 12.4 Å². The molecule has 26 heavy (non-hydrogen) atoms. The molecule has 7 nitrogen and oxygen atoms in total. The fraction of sp³-hybridized carbons (Fsp3) is 0.722. The van der Waals surface area contributed by atoms with Gasteiger partial charge in [0.15, 0.2) is 0 Å². The van der Waals surface area contributed by atoms with Gasteiger partial charge < -0.3 is 15.5 Å². The molecule has 1 aliphatic heterocycles. The summed E-state index contributed by atoms with van der Waals surface area (Å²) in [5, 5.41) is 10.3. The van der Waals surface area contributed by atoms with E-state index in [1.54, 1.807) is 17.9 Å². The second-order valence-corrected chi connectivity index (χ2v) is 7.28. The van der Waals surface area contributed by atoms with Crippen LogP contribution < -0.4 is 10.6 Å². The smallest absolute Gasteiger partial charge is 0.242 e. The van der Waals surface area contributed by atoms with Crippen molar-refractivity contribution in [1.29, 1.82) is 0 Å². The predicted molar refractivity (Wildman–Crippen MR) is 102 cm³/mol. The number of amides is 2. The molecule has 1 saturated carbocycles. The Hall–Kier alpha value is -1.60. The minimum atomic E-state index is -0.420. The van der Waals surface area contributed by atoms with E-state index < -0.39 is 6.04 Å². The number of hydrogen-bond acceptors (Lipinski definition) is 4. The van der Waals surface area contributed by atoms with Crippen molar-refractivity contribution in [2.24, 2.45) is 13.0 Å². The van der Waals surface area contributed by atoms with Crippen LogP contribution in [0.5, 0.6) is 0 Å². The van der Waals surface area contributed by atoms with Crippen LogP contribution in [-0.2, 0) is 16.6 Å². The van der Waals surface area contributed by atoms with E-state index in [-0.39, 0.29) is 36.2 Å². The van der Waals surface area contributed by atoms with Crippen molar-refractivity contribution in [3.05, 3.63) is 18.0 Å². The number of halogens is 1. The molecule has 2 heterocycles. The molecule has 2 amide bonds. The van der Waals surface area contributed by atoms with Gasteiger partial charge in [-0.25, -0.2) is 0 Å². The first kappa shape index (κ1) is 20.7. The molecule has 0 bridgehead atoms. The molecule has 1 aromatic rings. The molecule has 1 saturated heterocycles. The Labute approximate surface area is 161 Å². The second kappa shape index (κ2) is 9.37. The average molecular weight is 384 g/mol. The zero-order valence-corrected chi connectivity index (χ0v) is 16.4. The molecular weight excluding hydrogens is 354 g/mol. The first-order chi connectivity index (χ1) is 12.1. The van der Waals surface area contributed by atoms with Crippen LogP contribution in [0.4, 0.5) is 0 Å². The summed E-state index contributed by atoms with van der Waals surface area (Å²) in [6.07, 6.45) is 10.0. The fourth-order valence-corrected chi connectivity index (χ4v) is 4.01. The third kappa shape index (κ3) is 4.76. The maximum atomic E-state index is 12.6. The van der Waals surface area contributed by atoms with Crippen LogP contribution in [0.15, 0.2) is 12.4 Å². The van der Waals surface area contributed by atoms with Gasteiger partial charge in [-0.3, -0.25) is 14.3 Å². The highest BCUT2D eigenvalue weighted by Gasteiger charge is 2.33. The number of aromatic nitrogens is 2. The lowest BCUT2D eigenvalue weighted by atomic mass is 9.88. The lowest BCUT2D eigenvalue weighted by molar-refractivity contribution is -0.135. The highest BCUT2D eigenvalue weighted by Crippen LogP contribution is 2.27. The number of hydrogen-bond donors (Lipinski definition) is 2. The van der Waals surface area contributed by atoms with Crippen LogP contribution in [-0.4, -0.2) is 52.7 Å². The van der Waals surface area contributed by atoms with Crippen LogP contribution in [0, 0.1) is 5.92 Å². The maximum absolute atomic E-state index is 12.6. The third-order valence-electron chi connectivity index (χ3n) is 5.41.